The third-order valence-electron chi connectivity index (χ3n) is 1.29. The van der Waals surface area contributed by atoms with Gasteiger partial charge in [0.25, 0.3) is 0 Å². The topological polar surface area (TPSA) is 29.1 Å². The van der Waals surface area contributed by atoms with Crippen LogP contribution in [0.5, 0.6) is 0 Å². The number of carbonyl (C=O) groups is 1. The second kappa shape index (κ2) is 3.44. The van der Waals surface area contributed by atoms with E-state index in [0.717, 1.165) is 16.1 Å². The zero-order valence-corrected chi connectivity index (χ0v) is 7.06. The average molecular weight is 167 g/mol. The third kappa shape index (κ3) is 2.27. The van der Waals surface area contributed by atoms with Crippen LogP contribution in [-0.2, 0) is 4.79 Å². The number of rotatable bonds is 2. The van der Waals surface area contributed by atoms with Gasteiger partial charge in [-0.15, -0.1) is 12.6 Å². The molecule has 1 N–H and O–H groups in total. The number of carbonyl (C=O) groups excluding carboxylic acids is 1. The highest BCUT2D eigenvalue weighted by atomic mass is 32.1. The van der Waals surface area contributed by atoms with E-state index in [4.69, 9.17) is 0 Å². The summed E-state index contributed by atoms with van der Waals surface area (Å²) < 4.78 is 0. The van der Waals surface area contributed by atoms with Crippen LogP contribution in [0.3, 0.4) is 0 Å². The van der Waals surface area contributed by atoms with Gasteiger partial charge in [-0.2, -0.15) is 0 Å². The number of aryl methyl sites for hydroxylation is 1. The molecule has 58 valence electrons. The first-order valence-corrected chi connectivity index (χ1v) is 3.68. The van der Waals surface area contributed by atoms with E-state index in [1.165, 1.54) is 0 Å². The van der Waals surface area contributed by atoms with Crippen LogP contribution in [0.25, 0.3) is 0 Å². The lowest BCUT2D eigenvalue weighted by Crippen LogP contribution is -1.93. The van der Waals surface area contributed by atoms with Crippen molar-refractivity contribution in [2.24, 2.45) is 0 Å². The SMILES string of the molecule is Cc1cc(S)cc(NC=O)c1. The molecule has 1 rings (SSSR count). The molecular formula is C8H9NOS. The zero-order valence-electron chi connectivity index (χ0n) is 6.16. The van der Waals surface area contributed by atoms with E-state index in [1.54, 1.807) is 6.07 Å². The standard InChI is InChI=1S/C8H9NOS/c1-6-2-7(9-5-10)4-8(11)3-6/h2-5,11H,1H3,(H,9,10). The van der Waals surface area contributed by atoms with Crippen LogP contribution < -0.4 is 5.32 Å². The molecule has 11 heavy (non-hydrogen) atoms. The molecule has 1 aromatic carbocycles. The Morgan fingerprint density at radius 1 is 1.45 bits per heavy atom. The average Bonchev–Trinajstić information content (AvgIpc) is 1.85. The molecule has 0 bridgehead atoms. The van der Waals surface area contributed by atoms with Gasteiger partial charge in [-0.25, -0.2) is 0 Å². The fourth-order valence-corrected chi connectivity index (χ4v) is 1.26. The van der Waals surface area contributed by atoms with Gasteiger partial charge in [-0.05, 0) is 30.7 Å². The highest BCUT2D eigenvalue weighted by molar-refractivity contribution is 7.80. The lowest BCUT2D eigenvalue weighted by molar-refractivity contribution is -0.105. The summed E-state index contributed by atoms with van der Waals surface area (Å²) in [7, 11) is 0. The Labute approximate surface area is 71.0 Å². The van der Waals surface area contributed by atoms with Gasteiger partial charge in [-0.3, -0.25) is 4.79 Å². The molecule has 0 spiro atoms. The van der Waals surface area contributed by atoms with Gasteiger partial charge in [0.15, 0.2) is 0 Å². The number of hydrogen-bond donors (Lipinski definition) is 2. The predicted molar refractivity (Wildman–Crippen MR) is 48.1 cm³/mol. The lowest BCUT2D eigenvalue weighted by Gasteiger charge is -2.01. The number of benzene rings is 1. The lowest BCUT2D eigenvalue weighted by atomic mass is 10.2. The minimum absolute atomic E-state index is 0.655. The zero-order chi connectivity index (χ0) is 8.27. The number of thiol groups is 1. The van der Waals surface area contributed by atoms with Crippen LogP contribution in [0, 0.1) is 6.92 Å². The van der Waals surface area contributed by atoms with Gasteiger partial charge in [0.05, 0.1) is 0 Å². The second-order valence-electron chi connectivity index (χ2n) is 2.32. The van der Waals surface area contributed by atoms with Gasteiger partial charge < -0.3 is 5.32 Å². The molecule has 0 atom stereocenters. The van der Waals surface area contributed by atoms with Crippen molar-refractivity contribution in [3.8, 4) is 0 Å². The van der Waals surface area contributed by atoms with Crippen molar-refractivity contribution in [2.75, 3.05) is 5.32 Å². The van der Waals surface area contributed by atoms with Crippen molar-refractivity contribution in [1.29, 1.82) is 0 Å². The molecule has 0 aromatic heterocycles. The molecule has 0 aliphatic heterocycles. The minimum atomic E-state index is 0.655. The maximum absolute atomic E-state index is 10.1. The molecule has 0 fully saturated rings. The normalized spacial score (nSPS) is 9.27. The Morgan fingerprint density at radius 3 is 2.73 bits per heavy atom. The first-order chi connectivity index (χ1) is 5.22. The van der Waals surface area contributed by atoms with E-state index in [1.807, 2.05) is 19.1 Å². The molecule has 0 unspecified atom stereocenters. The number of hydrogen-bond acceptors (Lipinski definition) is 2. The van der Waals surface area contributed by atoms with Crippen molar-refractivity contribution >= 4 is 24.7 Å². The van der Waals surface area contributed by atoms with Crippen molar-refractivity contribution in [3.05, 3.63) is 23.8 Å². The Kier molecular flexibility index (Phi) is 2.54. The molecule has 1 aromatic rings. The highest BCUT2D eigenvalue weighted by Crippen LogP contribution is 2.16. The molecule has 2 nitrogen and oxygen atoms in total. The molecule has 0 aliphatic carbocycles. The van der Waals surface area contributed by atoms with E-state index in [2.05, 4.69) is 17.9 Å². The fraction of sp³-hybridized carbons (Fsp3) is 0.125. The molecule has 0 saturated heterocycles. The van der Waals surface area contributed by atoms with Crippen LogP contribution in [0.1, 0.15) is 5.56 Å². The van der Waals surface area contributed by atoms with E-state index in [9.17, 15) is 4.79 Å². The summed E-state index contributed by atoms with van der Waals surface area (Å²) in [4.78, 5) is 10.9. The summed E-state index contributed by atoms with van der Waals surface area (Å²) in [5, 5.41) is 2.56. The van der Waals surface area contributed by atoms with Gasteiger partial charge >= 0.3 is 0 Å². The van der Waals surface area contributed by atoms with Gasteiger partial charge in [0.1, 0.15) is 0 Å². The van der Waals surface area contributed by atoms with Crippen LogP contribution in [0.2, 0.25) is 0 Å². The number of anilines is 1. The summed E-state index contributed by atoms with van der Waals surface area (Å²) in [6.45, 7) is 1.95. The third-order valence-corrected chi connectivity index (χ3v) is 1.55. The maximum Gasteiger partial charge on any atom is 0.211 e. The minimum Gasteiger partial charge on any atom is -0.329 e. The number of amides is 1. The smallest absolute Gasteiger partial charge is 0.211 e. The van der Waals surface area contributed by atoms with Crippen molar-refractivity contribution in [2.45, 2.75) is 11.8 Å². The maximum atomic E-state index is 10.1. The molecule has 0 saturated carbocycles. The van der Waals surface area contributed by atoms with Gasteiger partial charge in [-0.1, -0.05) is 0 Å². The van der Waals surface area contributed by atoms with Crippen molar-refractivity contribution in [3.63, 3.8) is 0 Å². The quantitative estimate of drug-likeness (QED) is 0.511. The monoisotopic (exact) mass is 167 g/mol. The first-order valence-electron chi connectivity index (χ1n) is 3.23. The van der Waals surface area contributed by atoms with Crippen LogP contribution in [0.15, 0.2) is 23.1 Å². The van der Waals surface area contributed by atoms with Crippen molar-refractivity contribution in [1.82, 2.24) is 0 Å². The fourth-order valence-electron chi connectivity index (χ4n) is 0.914. The van der Waals surface area contributed by atoms with Crippen molar-refractivity contribution < 1.29 is 4.79 Å². The summed E-state index contributed by atoms with van der Waals surface area (Å²) in [5.41, 5.74) is 1.87. The summed E-state index contributed by atoms with van der Waals surface area (Å²) >= 11 is 4.16. The van der Waals surface area contributed by atoms with Gasteiger partial charge in [0.2, 0.25) is 6.41 Å². The van der Waals surface area contributed by atoms with E-state index >= 15 is 0 Å². The molecule has 0 aliphatic rings. The highest BCUT2D eigenvalue weighted by Gasteiger charge is 1.92. The summed E-state index contributed by atoms with van der Waals surface area (Å²) in [6.07, 6.45) is 0.655. The van der Waals surface area contributed by atoms with E-state index in [0.29, 0.717) is 6.41 Å². The molecule has 0 radical (unpaired) electrons. The molecule has 0 heterocycles. The largest absolute Gasteiger partial charge is 0.329 e. The summed E-state index contributed by atoms with van der Waals surface area (Å²) in [6, 6.07) is 5.61. The van der Waals surface area contributed by atoms with Crippen LogP contribution in [0.4, 0.5) is 5.69 Å². The Bertz CT molecular complexity index is 253. The van der Waals surface area contributed by atoms with Gasteiger partial charge in [0, 0.05) is 10.6 Å². The van der Waals surface area contributed by atoms with E-state index in [-0.39, 0.29) is 0 Å². The number of nitrogens with one attached hydrogen (secondary N) is 1. The first kappa shape index (κ1) is 8.14. The van der Waals surface area contributed by atoms with E-state index < -0.39 is 0 Å². The molecule has 1 amide bonds. The Balaban J connectivity index is 2.98. The van der Waals surface area contributed by atoms with Crippen LogP contribution in [-0.4, -0.2) is 6.41 Å². The Morgan fingerprint density at radius 2 is 2.18 bits per heavy atom. The summed E-state index contributed by atoms with van der Waals surface area (Å²) in [5.74, 6) is 0. The molecular weight excluding hydrogens is 158 g/mol. The second-order valence-corrected chi connectivity index (χ2v) is 2.84. The Hall–Kier alpha value is -0.960. The molecule has 3 heteroatoms. The van der Waals surface area contributed by atoms with Crippen LogP contribution >= 0.6 is 12.6 Å². The predicted octanol–water partition coefficient (Wildman–Crippen LogP) is 1.85.